The van der Waals surface area contributed by atoms with Crippen molar-refractivity contribution in [1.29, 1.82) is 0 Å². The smallest absolute Gasteiger partial charge is 0.409 e. The number of rotatable bonds is 3. The topological polar surface area (TPSA) is 55.6 Å². The third-order valence-electron chi connectivity index (χ3n) is 2.62. The predicted molar refractivity (Wildman–Crippen MR) is 55.0 cm³/mol. The summed E-state index contributed by atoms with van der Waals surface area (Å²) in [7, 11) is 0. The number of piperidine rings is 1. The van der Waals surface area contributed by atoms with Gasteiger partial charge in [-0.2, -0.15) is 0 Å². The summed E-state index contributed by atoms with van der Waals surface area (Å²) in [6.07, 6.45) is 3.10. The highest BCUT2D eigenvalue weighted by molar-refractivity contribution is 5.67. The second-order valence-corrected chi connectivity index (χ2v) is 3.73. The van der Waals surface area contributed by atoms with Gasteiger partial charge in [0.2, 0.25) is 0 Å². The second kappa shape index (κ2) is 5.86. The lowest BCUT2D eigenvalue weighted by atomic mass is 9.95. The largest absolute Gasteiger partial charge is 0.450 e. The van der Waals surface area contributed by atoms with Gasteiger partial charge >= 0.3 is 6.09 Å². The van der Waals surface area contributed by atoms with E-state index in [9.17, 15) is 4.79 Å². The quantitative estimate of drug-likeness (QED) is 0.745. The summed E-state index contributed by atoms with van der Waals surface area (Å²) in [4.78, 5) is 13.2. The Balaban J connectivity index is 2.35. The summed E-state index contributed by atoms with van der Waals surface area (Å²) in [6.45, 7) is 4.65. The van der Waals surface area contributed by atoms with E-state index in [0.29, 0.717) is 19.1 Å². The summed E-state index contributed by atoms with van der Waals surface area (Å²) in [6, 6.07) is 0. The molecule has 0 aliphatic carbocycles. The molecular weight excluding hydrogens is 180 g/mol. The number of ether oxygens (including phenoxy) is 1. The Bertz CT molecular complexity index is 183. The van der Waals surface area contributed by atoms with Gasteiger partial charge in [-0.1, -0.05) is 0 Å². The molecule has 0 spiro atoms. The van der Waals surface area contributed by atoms with Crippen molar-refractivity contribution >= 4 is 6.09 Å². The highest BCUT2D eigenvalue weighted by Gasteiger charge is 2.23. The molecule has 2 N–H and O–H groups in total. The van der Waals surface area contributed by atoms with Crippen LogP contribution < -0.4 is 5.73 Å². The van der Waals surface area contributed by atoms with Gasteiger partial charge in [-0.25, -0.2) is 4.79 Å². The van der Waals surface area contributed by atoms with Crippen LogP contribution in [0.15, 0.2) is 0 Å². The van der Waals surface area contributed by atoms with Gasteiger partial charge in [-0.05, 0) is 38.6 Å². The molecule has 1 heterocycles. The van der Waals surface area contributed by atoms with Crippen LogP contribution >= 0.6 is 0 Å². The van der Waals surface area contributed by atoms with Crippen LogP contribution in [-0.4, -0.2) is 37.2 Å². The zero-order chi connectivity index (χ0) is 10.4. The second-order valence-electron chi connectivity index (χ2n) is 3.73. The first kappa shape index (κ1) is 11.3. The summed E-state index contributed by atoms with van der Waals surface area (Å²) in [5, 5.41) is 0. The van der Waals surface area contributed by atoms with Gasteiger partial charge in [0.25, 0.3) is 0 Å². The molecule has 0 bridgehead atoms. The van der Waals surface area contributed by atoms with E-state index in [0.717, 1.165) is 25.9 Å². The van der Waals surface area contributed by atoms with Crippen LogP contribution in [0.4, 0.5) is 4.79 Å². The van der Waals surface area contributed by atoms with Crippen LogP contribution in [-0.2, 0) is 4.74 Å². The fourth-order valence-corrected chi connectivity index (χ4v) is 1.92. The van der Waals surface area contributed by atoms with Crippen molar-refractivity contribution in [3.8, 4) is 0 Å². The first-order valence-corrected chi connectivity index (χ1v) is 5.39. The van der Waals surface area contributed by atoms with Crippen LogP contribution in [0.2, 0.25) is 0 Å². The van der Waals surface area contributed by atoms with Gasteiger partial charge in [0.15, 0.2) is 0 Å². The van der Waals surface area contributed by atoms with Crippen molar-refractivity contribution in [2.24, 2.45) is 11.7 Å². The van der Waals surface area contributed by atoms with E-state index in [1.807, 2.05) is 6.92 Å². The first-order valence-electron chi connectivity index (χ1n) is 5.39. The fraction of sp³-hybridized carbons (Fsp3) is 0.900. The lowest BCUT2D eigenvalue weighted by Crippen LogP contribution is -2.40. The maximum atomic E-state index is 11.4. The van der Waals surface area contributed by atoms with E-state index in [4.69, 9.17) is 10.5 Å². The van der Waals surface area contributed by atoms with E-state index in [-0.39, 0.29) is 6.09 Å². The summed E-state index contributed by atoms with van der Waals surface area (Å²) < 4.78 is 4.96. The van der Waals surface area contributed by atoms with E-state index in [2.05, 4.69) is 0 Å². The molecule has 1 aliphatic rings. The molecule has 1 rings (SSSR count). The monoisotopic (exact) mass is 200 g/mol. The first-order chi connectivity index (χ1) is 6.77. The number of likely N-dealkylation sites (tertiary alicyclic amines) is 1. The fourth-order valence-electron chi connectivity index (χ4n) is 1.92. The number of hydrogen-bond acceptors (Lipinski definition) is 3. The molecule has 0 radical (unpaired) electrons. The molecule has 0 saturated carbocycles. The van der Waals surface area contributed by atoms with Crippen molar-refractivity contribution in [3.63, 3.8) is 0 Å². The minimum atomic E-state index is -0.172. The van der Waals surface area contributed by atoms with Crippen molar-refractivity contribution in [2.75, 3.05) is 26.2 Å². The third-order valence-corrected chi connectivity index (χ3v) is 2.62. The number of carbonyl (C=O) groups is 1. The Hall–Kier alpha value is -0.770. The van der Waals surface area contributed by atoms with E-state index < -0.39 is 0 Å². The van der Waals surface area contributed by atoms with E-state index >= 15 is 0 Å². The average Bonchev–Trinajstić information content (AvgIpc) is 2.19. The zero-order valence-electron chi connectivity index (χ0n) is 8.87. The number of nitrogens with zero attached hydrogens (tertiary/aromatic N) is 1. The normalized spacial score (nSPS) is 22.1. The molecule has 4 heteroatoms. The predicted octanol–water partition coefficient (Wildman–Crippen LogP) is 1.20. The van der Waals surface area contributed by atoms with Crippen LogP contribution in [0.5, 0.6) is 0 Å². The molecule has 1 amide bonds. The van der Waals surface area contributed by atoms with Crippen LogP contribution in [0.1, 0.15) is 26.2 Å². The molecule has 1 atom stereocenters. The Kier molecular flexibility index (Phi) is 4.73. The zero-order valence-corrected chi connectivity index (χ0v) is 8.87. The van der Waals surface area contributed by atoms with Gasteiger partial charge in [-0.3, -0.25) is 0 Å². The summed E-state index contributed by atoms with van der Waals surface area (Å²) in [5.41, 5.74) is 5.50. The van der Waals surface area contributed by atoms with E-state index in [1.165, 1.54) is 6.42 Å². The molecule has 1 aliphatic heterocycles. The SMILES string of the molecule is CCOC(=O)N1CCCC(CCN)C1. The minimum absolute atomic E-state index is 0.172. The lowest BCUT2D eigenvalue weighted by molar-refractivity contribution is 0.0874. The number of carbonyl (C=O) groups excluding carboxylic acids is 1. The molecule has 1 saturated heterocycles. The van der Waals surface area contributed by atoms with Gasteiger partial charge < -0.3 is 15.4 Å². The molecule has 1 fully saturated rings. The lowest BCUT2D eigenvalue weighted by Gasteiger charge is -2.31. The molecule has 0 aromatic rings. The minimum Gasteiger partial charge on any atom is -0.450 e. The molecule has 82 valence electrons. The standard InChI is InChI=1S/C10H20N2O2/c1-2-14-10(13)12-7-3-4-9(8-12)5-6-11/h9H,2-8,11H2,1H3. The number of amides is 1. The number of nitrogens with two attached hydrogens (primary N) is 1. The van der Waals surface area contributed by atoms with E-state index in [1.54, 1.807) is 4.90 Å². The molecule has 0 aromatic carbocycles. The van der Waals surface area contributed by atoms with Crippen LogP contribution in [0, 0.1) is 5.92 Å². The maximum Gasteiger partial charge on any atom is 0.409 e. The Morgan fingerprint density at radius 2 is 2.43 bits per heavy atom. The highest BCUT2D eigenvalue weighted by Crippen LogP contribution is 2.19. The van der Waals surface area contributed by atoms with Crippen molar-refractivity contribution in [2.45, 2.75) is 26.2 Å². The van der Waals surface area contributed by atoms with Crippen LogP contribution in [0.25, 0.3) is 0 Å². The summed E-state index contributed by atoms with van der Waals surface area (Å²) >= 11 is 0. The Morgan fingerprint density at radius 3 is 3.07 bits per heavy atom. The van der Waals surface area contributed by atoms with Gasteiger partial charge in [0.1, 0.15) is 0 Å². The molecule has 0 aromatic heterocycles. The Labute approximate surface area is 85.4 Å². The van der Waals surface area contributed by atoms with Gasteiger partial charge in [-0.15, -0.1) is 0 Å². The maximum absolute atomic E-state index is 11.4. The molecular formula is C10H20N2O2. The van der Waals surface area contributed by atoms with Gasteiger partial charge in [0, 0.05) is 13.1 Å². The summed E-state index contributed by atoms with van der Waals surface area (Å²) in [5.74, 6) is 0.568. The highest BCUT2D eigenvalue weighted by atomic mass is 16.6. The van der Waals surface area contributed by atoms with Crippen molar-refractivity contribution in [3.05, 3.63) is 0 Å². The molecule has 1 unspecified atom stereocenters. The Morgan fingerprint density at radius 1 is 1.64 bits per heavy atom. The average molecular weight is 200 g/mol. The number of hydrogen-bond donors (Lipinski definition) is 1. The van der Waals surface area contributed by atoms with Crippen molar-refractivity contribution in [1.82, 2.24) is 4.90 Å². The van der Waals surface area contributed by atoms with Gasteiger partial charge in [0.05, 0.1) is 6.61 Å². The van der Waals surface area contributed by atoms with Crippen LogP contribution in [0.3, 0.4) is 0 Å². The van der Waals surface area contributed by atoms with Crippen molar-refractivity contribution < 1.29 is 9.53 Å². The third kappa shape index (κ3) is 3.18. The molecule has 14 heavy (non-hydrogen) atoms. The molecule has 4 nitrogen and oxygen atoms in total.